The lowest BCUT2D eigenvalue weighted by Crippen LogP contribution is -2.15. The Balaban J connectivity index is 2.42. The molecule has 4 nitrogen and oxygen atoms in total. The molecule has 0 aliphatic heterocycles. The number of thiophene rings is 1. The van der Waals surface area contributed by atoms with Gasteiger partial charge in [0.25, 0.3) is 5.56 Å². The fourth-order valence-electron chi connectivity index (χ4n) is 1.39. The van der Waals surface area contributed by atoms with Gasteiger partial charge in [0.15, 0.2) is 0 Å². The van der Waals surface area contributed by atoms with E-state index in [-0.39, 0.29) is 5.56 Å². The molecule has 0 fully saturated rings. The van der Waals surface area contributed by atoms with E-state index in [1.165, 1.54) is 0 Å². The van der Waals surface area contributed by atoms with Crippen molar-refractivity contribution < 1.29 is 0 Å². The molecule has 0 amide bonds. The van der Waals surface area contributed by atoms with Crippen LogP contribution in [-0.4, -0.2) is 10.2 Å². The zero-order chi connectivity index (χ0) is 12.3. The molecule has 0 bridgehead atoms. The normalized spacial score (nSPS) is 10.6. The van der Waals surface area contributed by atoms with Crippen LogP contribution in [-0.2, 0) is 0 Å². The van der Waals surface area contributed by atoms with Crippen molar-refractivity contribution >= 4 is 23.5 Å². The smallest absolute Gasteiger partial charge is 0.267 e. The van der Waals surface area contributed by atoms with E-state index in [4.69, 9.17) is 5.26 Å². The lowest BCUT2D eigenvalue weighted by Gasteiger charge is -1.99. The Hall–Kier alpha value is -2.19. The van der Waals surface area contributed by atoms with Crippen molar-refractivity contribution in [1.29, 1.82) is 5.26 Å². The molecule has 2 rings (SSSR count). The van der Waals surface area contributed by atoms with Crippen molar-refractivity contribution in [3.63, 3.8) is 0 Å². The summed E-state index contributed by atoms with van der Waals surface area (Å²) in [7, 11) is 0. The average Bonchev–Trinajstić information content (AvgIpc) is 2.82. The molecule has 0 aliphatic carbocycles. The average molecular weight is 243 g/mol. The second kappa shape index (κ2) is 4.76. The molecule has 0 unspecified atom stereocenters. The molecule has 0 aromatic carbocycles. The molecule has 0 aliphatic rings. The second-order valence-corrected chi connectivity index (χ2v) is 4.22. The third-order valence-electron chi connectivity index (χ3n) is 2.35. The van der Waals surface area contributed by atoms with Crippen LogP contribution in [0.5, 0.6) is 0 Å². The van der Waals surface area contributed by atoms with Crippen LogP contribution in [0.4, 0.5) is 0 Å². The summed E-state index contributed by atoms with van der Waals surface area (Å²) in [5.41, 5.74) is 1.94. The highest BCUT2D eigenvalue weighted by molar-refractivity contribution is 7.08. The Morgan fingerprint density at radius 2 is 2.35 bits per heavy atom. The summed E-state index contributed by atoms with van der Waals surface area (Å²) in [5.74, 6) is 0. The number of nitrogens with zero attached hydrogens (tertiary/aromatic N) is 2. The van der Waals surface area contributed by atoms with Gasteiger partial charge in [-0.1, -0.05) is 6.08 Å². The zero-order valence-electron chi connectivity index (χ0n) is 9.10. The molecular weight excluding hydrogens is 234 g/mol. The Morgan fingerprint density at radius 3 is 3.00 bits per heavy atom. The molecule has 17 heavy (non-hydrogen) atoms. The van der Waals surface area contributed by atoms with Crippen LogP contribution in [0, 0.1) is 18.3 Å². The molecule has 2 aromatic rings. The quantitative estimate of drug-likeness (QED) is 0.878. The molecular formula is C12H9N3OS. The van der Waals surface area contributed by atoms with Gasteiger partial charge in [0, 0.05) is 0 Å². The first-order valence-corrected chi connectivity index (χ1v) is 5.86. The van der Waals surface area contributed by atoms with Crippen LogP contribution in [0.25, 0.3) is 12.2 Å². The second-order valence-electron chi connectivity index (χ2n) is 3.44. The molecule has 0 atom stereocenters. The molecule has 0 spiro atoms. The molecule has 0 saturated carbocycles. The number of aromatic nitrogens is 2. The van der Waals surface area contributed by atoms with E-state index < -0.39 is 5.56 Å². The number of nitriles is 1. The van der Waals surface area contributed by atoms with E-state index in [9.17, 15) is 4.79 Å². The van der Waals surface area contributed by atoms with Gasteiger partial charge in [-0.2, -0.15) is 21.7 Å². The highest BCUT2D eigenvalue weighted by Crippen LogP contribution is 2.12. The Labute approximate surface area is 102 Å². The topological polar surface area (TPSA) is 69.5 Å². The third kappa shape index (κ3) is 2.32. The predicted octanol–water partition coefficient (Wildman–Crippen LogP) is 2.18. The SMILES string of the molecule is Cc1c(/C=C/c2ccsc2)n[nH]c(=O)c1C#N. The zero-order valence-corrected chi connectivity index (χ0v) is 9.91. The van der Waals surface area contributed by atoms with Crippen molar-refractivity contribution in [3.8, 4) is 6.07 Å². The summed E-state index contributed by atoms with van der Waals surface area (Å²) in [4.78, 5) is 11.3. The Kier molecular flexibility index (Phi) is 3.17. The molecule has 1 N–H and O–H groups in total. The Bertz CT molecular complexity index is 647. The van der Waals surface area contributed by atoms with Gasteiger partial charge in [-0.05, 0) is 41.0 Å². The Morgan fingerprint density at radius 1 is 1.53 bits per heavy atom. The van der Waals surface area contributed by atoms with Gasteiger partial charge in [0.1, 0.15) is 11.6 Å². The summed E-state index contributed by atoms with van der Waals surface area (Å²) < 4.78 is 0. The molecule has 84 valence electrons. The minimum absolute atomic E-state index is 0.116. The predicted molar refractivity (Wildman–Crippen MR) is 67.6 cm³/mol. The first kappa shape index (κ1) is 11.3. The maximum absolute atomic E-state index is 11.3. The van der Waals surface area contributed by atoms with Crippen LogP contribution < -0.4 is 5.56 Å². The number of nitrogens with one attached hydrogen (secondary N) is 1. The standard InChI is InChI=1S/C12H9N3OS/c1-8-10(6-13)12(16)15-14-11(8)3-2-9-4-5-17-7-9/h2-5,7H,1H3,(H,15,16)/b3-2+. The van der Waals surface area contributed by atoms with E-state index in [0.717, 1.165) is 5.56 Å². The lowest BCUT2D eigenvalue weighted by molar-refractivity contribution is 0.952. The first-order chi connectivity index (χ1) is 8.22. The van der Waals surface area contributed by atoms with Crippen LogP contribution >= 0.6 is 11.3 Å². The minimum Gasteiger partial charge on any atom is -0.267 e. The number of hydrogen-bond donors (Lipinski definition) is 1. The maximum Gasteiger partial charge on any atom is 0.282 e. The van der Waals surface area contributed by atoms with Crippen LogP contribution in [0.2, 0.25) is 0 Å². The van der Waals surface area contributed by atoms with Crippen LogP contribution in [0.3, 0.4) is 0 Å². The fraction of sp³-hybridized carbons (Fsp3) is 0.0833. The molecule has 5 heteroatoms. The number of rotatable bonds is 2. The molecule has 0 radical (unpaired) electrons. The first-order valence-electron chi connectivity index (χ1n) is 4.92. The van der Waals surface area contributed by atoms with E-state index in [1.807, 2.05) is 29.0 Å². The molecule has 0 saturated heterocycles. The monoisotopic (exact) mass is 243 g/mol. The van der Waals surface area contributed by atoms with Gasteiger partial charge >= 0.3 is 0 Å². The van der Waals surface area contributed by atoms with Gasteiger partial charge in [-0.3, -0.25) is 4.79 Å². The van der Waals surface area contributed by atoms with Crippen molar-refractivity contribution in [2.45, 2.75) is 6.92 Å². The summed E-state index contributed by atoms with van der Waals surface area (Å²) in [6.45, 7) is 1.72. The van der Waals surface area contributed by atoms with Crippen LogP contribution in [0.1, 0.15) is 22.4 Å². The van der Waals surface area contributed by atoms with Gasteiger partial charge in [-0.15, -0.1) is 0 Å². The van der Waals surface area contributed by atoms with Crippen molar-refractivity contribution in [2.24, 2.45) is 0 Å². The largest absolute Gasteiger partial charge is 0.282 e. The minimum atomic E-state index is -0.447. The summed E-state index contributed by atoms with van der Waals surface area (Å²) in [5, 5.41) is 19.1. The number of hydrogen-bond acceptors (Lipinski definition) is 4. The van der Waals surface area contributed by atoms with Gasteiger partial charge in [-0.25, -0.2) is 5.10 Å². The third-order valence-corrected chi connectivity index (χ3v) is 3.05. The highest BCUT2D eigenvalue weighted by atomic mass is 32.1. The van der Waals surface area contributed by atoms with E-state index in [2.05, 4.69) is 10.2 Å². The van der Waals surface area contributed by atoms with Crippen molar-refractivity contribution in [2.75, 3.05) is 0 Å². The van der Waals surface area contributed by atoms with Crippen molar-refractivity contribution in [1.82, 2.24) is 10.2 Å². The van der Waals surface area contributed by atoms with Gasteiger partial charge in [0.05, 0.1) is 5.69 Å². The number of aromatic amines is 1. The summed E-state index contributed by atoms with van der Waals surface area (Å²) in [6.07, 6.45) is 3.68. The highest BCUT2D eigenvalue weighted by Gasteiger charge is 2.07. The van der Waals surface area contributed by atoms with Crippen LogP contribution in [0.15, 0.2) is 21.6 Å². The molecule has 2 aromatic heterocycles. The molecule has 2 heterocycles. The lowest BCUT2D eigenvalue weighted by atomic mass is 10.1. The maximum atomic E-state index is 11.3. The van der Waals surface area contributed by atoms with E-state index in [0.29, 0.717) is 11.3 Å². The van der Waals surface area contributed by atoms with Crippen molar-refractivity contribution in [3.05, 3.63) is 49.6 Å². The van der Waals surface area contributed by atoms with E-state index >= 15 is 0 Å². The van der Waals surface area contributed by atoms with Gasteiger partial charge in [0.2, 0.25) is 0 Å². The van der Waals surface area contributed by atoms with Gasteiger partial charge < -0.3 is 0 Å². The van der Waals surface area contributed by atoms with E-state index in [1.54, 1.807) is 24.3 Å². The summed E-state index contributed by atoms with van der Waals surface area (Å²) in [6, 6.07) is 3.86. The fourth-order valence-corrected chi connectivity index (χ4v) is 2.02. The number of H-pyrrole nitrogens is 1. The summed E-state index contributed by atoms with van der Waals surface area (Å²) >= 11 is 1.61.